The zero-order valence-electron chi connectivity index (χ0n) is 10.3. The summed E-state index contributed by atoms with van der Waals surface area (Å²) < 4.78 is -1.55. The molecule has 7 heteroatoms. The highest BCUT2D eigenvalue weighted by molar-refractivity contribution is 6.84. The summed E-state index contributed by atoms with van der Waals surface area (Å²) in [5.74, 6) is 3.04. The van der Waals surface area contributed by atoms with E-state index in [2.05, 4.69) is 31.1 Å². The average Bonchev–Trinajstić information content (AvgIpc) is 2.47. The zero-order valence-corrected chi connectivity index (χ0v) is 15.9. The molecule has 0 nitrogen and oxygen atoms in total. The fourth-order valence-electron chi connectivity index (χ4n) is 1.95. The van der Waals surface area contributed by atoms with Gasteiger partial charge >= 0.3 is 0 Å². The minimum absolute atomic E-state index is 0.151. The lowest BCUT2D eigenvalue weighted by Crippen LogP contribution is -2.44. The SMILES string of the molecule is C[Si](C)(C)C#CC1=CC2(Cl)C(Cl)=C(Cl)C1(Cl)C2(Cl)Cl. The van der Waals surface area contributed by atoms with E-state index < -0.39 is 22.2 Å². The van der Waals surface area contributed by atoms with E-state index in [0.29, 0.717) is 5.57 Å². The average molecular weight is 395 g/mol. The van der Waals surface area contributed by atoms with Gasteiger partial charge in [-0.1, -0.05) is 72.0 Å². The highest BCUT2D eigenvalue weighted by atomic mass is 35.5. The molecule has 2 atom stereocenters. The van der Waals surface area contributed by atoms with Gasteiger partial charge in [-0.2, -0.15) is 0 Å². The topological polar surface area (TPSA) is 0 Å². The van der Waals surface area contributed by atoms with Crippen molar-refractivity contribution in [1.29, 1.82) is 0 Å². The van der Waals surface area contributed by atoms with Crippen LogP contribution in [0.4, 0.5) is 0 Å². The van der Waals surface area contributed by atoms with Crippen molar-refractivity contribution in [3.8, 4) is 11.5 Å². The Labute approximate surface area is 144 Å². The minimum Gasteiger partial charge on any atom is -0.127 e. The second-order valence-electron chi connectivity index (χ2n) is 5.63. The van der Waals surface area contributed by atoms with Crippen LogP contribution in [0.1, 0.15) is 0 Å². The molecular weight excluding hydrogens is 385 g/mol. The first-order chi connectivity index (χ1) is 8.38. The Kier molecular flexibility index (Phi) is 3.87. The second-order valence-corrected chi connectivity index (χ2v) is 13.6. The molecule has 104 valence electrons. The first kappa shape index (κ1) is 16.4. The molecule has 0 aromatic rings. The van der Waals surface area contributed by atoms with Crippen LogP contribution >= 0.6 is 69.6 Å². The van der Waals surface area contributed by atoms with Crippen molar-refractivity contribution in [1.82, 2.24) is 0 Å². The molecule has 0 fully saturated rings. The van der Waals surface area contributed by atoms with Crippen molar-refractivity contribution in [2.45, 2.75) is 33.7 Å². The summed E-state index contributed by atoms with van der Waals surface area (Å²) in [6.07, 6.45) is 1.61. The summed E-state index contributed by atoms with van der Waals surface area (Å²) in [6, 6.07) is 0. The normalized spacial score (nSPS) is 36.2. The molecule has 0 aromatic carbocycles. The molecule has 0 radical (unpaired) electrons. The lowest BCUT2D eigenvalue weighted by atomic mass is 10.0. The molecular formula is C12H10Cl6Si. The summed E-state index contributed by atoms with van der Waals surface area (Å²) in [6.45, 7) is 6.35. The maximum Gasteiger partial charge on any atom is 0.174 e. The summed E-state index contributed by atoms with van der Waals surface area (Å²) in [4.78, 5) is -2.69. The Morgan fingerprint density at radius 1 is 1.00 bits per heavy atom. The molecule has 0 heterocycles. The molecule has 0 amide bonds. The third-order valence-corrected chi connectivity index (χ3v) is 7.92. The van der Waals surface area contributed by atoms with E-state index in [1.54, 1.807) is 6.08 Å². The monoisotopic (exact) mass is 392 g/mol. The number of rotatable bonds is 0. The predicted octanol–water partition coefficient (Wildman–Crippen LogP) is 5.64. The van der Waals surface area contributed by atoms with Crippen molar-refractivity contribution < 1.29 is 0 Å². The van der Waals surface area contributed by atoms with E-state index in [1.165, 1.54) is 0 Å². The first-order valence-corrected chi connectivity index (χ1v) is 11.2. The first-order valence-electron chi connectivity index (χ1n) is 5.46. The number of allylic oxidation sites excluding steroid dienone is 4. The summed E-state index contributed by atoms with van der Waals surface area (Å²) in [5.41, 5.74) is 3.72. The molecule has 0 saturated carbocycles. The van der Waals surface area contributed by atoms with Gasteiger partial charge in [0.15, 0.2) is 4.33 Å². The molecule has 2 unspecified atom stereocenters. The molecule has 0 saturated heterocycles. The van der Waals surface area contributed by atoms with Crippen LogP contribution in [0, 0.1) is 11.5 Å². The smallest absolute Gasteiger partial charge is 0.127 e. The van der Waals surface area contributed by atoms with E-state index >= 15 is 0 Å². The Balaban J connectivity index is 2.60. The van der Waals surface area contributed by atoms with Gasteiger partial charge < -0.3 is 0 Å². The second kappa shape index (κ2) is 4.50. The van der Waals surface area contributed by atoms with Crippen LogP contribution in [-0.2, 0) is 0 Å². The Morgan fingerprint density at radius 3 is 1.89 bits per heavy atom. The summed E-state index contributed by atoms with van der Waals surface area (Å²) >= 11 is 37.9. The highest BCUT2D eigenvalue weighted by Crippen LogP contribution is 2.71. The van der Waals surface area contributed by atoms with Crippen LogP contribution in [0.5, 0.6) is 0 Å². The predicted molar refractivity (Wildman–Crippen MR) is 89.5 cm³/mol. The summed E-state index contributed by atoms with van der Waals surface area (Å²) in [7, 11) is -1.58. The molecule has 2 rings (SSSR count). The maximum atomic E-state index is 6.54. The van der Waals surface area contributed by atoms with Crippen molar-refractivity contribution in [3.63, 3.8) is 0 Å². The fourth-order valence-corrected chi connectivity index (χ4v) is 4.91. The fraction of sp³-hybridized carbons (Fsp3) is 0.500. The van der Waals surface area contributed by atoms with E-state index in [-0.39, 0.29) is 10.1 Å². The maximum absolute atomic E-state index is 6.54. The van der Waals surface area contributed by atoms with Crippen LogP contribution in [0.25, 0.3) is 0 Å². The van der Waals surface area contributed by atoms with Gasteiger partial charge in [0.25, 0.3) is 0 Å². The molecule has 2 bridgehead atoms. The lowest BCUT2D eigenvalue weighted by molar-refractivity contribution is 0.711. The van der Waals surface area contributed by atoms with E-state index in [9.17, 15) is 0 Å². The lowest BCUT2D eigenvalue weighted by Gasteiger charge is -2.32. The van der Waals surface area contributed by atoms with Gasteiger partial charge in [0.05, 0.1) is 10.1 Å². The van der Waals surface area contributed by atoms with Crippen LogP contribution in [0.2, 0.25) is 19.6 Å². The molecule has 19 heavy (non-hydrogen) atoms. The third-order valence-electron chi connectivity index (χ3n) is 2.99. The van der Waals surface area contributed by atoms with Crippen LogP contribution in [0.15, 0.2) is 21.7 Å². The quantitative estimate of drug-likeness (QED) is 0.283. The zero-order chi connectivity index (χ0) is 14.9. The summed E-state index contributed by atoms with van der Waals surface area (Å²) in [5, 5.41) is 0.313. The minimum atomic E-state index is -1.58. The Bertz CT molecular complexity index is 573. The molecule has 2 aliphatic rings. The molecule has 0 N–H and O–H groups in total. The van der Waals surface area contributed by atoms with Crippen molar-refractivity contribution in [2.75, 3.05) is 0 Å². The van der Waals surface area contributed by atoms with Crippen LogP contribution in [-0.4, -0.2) is 22.2 Å². The largest absolute Gasteiger partial charge is 0.174 e. The number of halogens is 6. The van der Waals surface area contributed by atoms with Crippen LogP contribution < -0.4 is 0 Å². The number of fused-ring (bicyclic) bond motifs is 2. The van der Waals surface area contributed by atoms with Crippen molar-refractivity contribution in [2.24, 2.45) is 0 Å². The highest BCUT2D eigenvalue weighted by Gasteiger charge is 2.75. The van der Waals surface area contributed by atoms with Gasteiger partial charge in [0.2, 0.25) is 0 Å². The van der Waals surface area contributed by atoms with Gasteiger partial charge in [-0.05, 0) is 6.08 Å². The molecule has 0 spiro atoms. The third kappa shape index (κ3) is 2.03. The van der Waals surface area contributed by atoms with Crippen molar-refractivity contribution >= 4 is 77.7 Å². The standard InChI is InChI=1S/C12H10Cl6Si/c1-19(2,3)5-4-7-6-10(15)8(13)9(14)11(7,16)12(10,17)18/h6H,1-3H3. The van der Waals surface area contributed by atoms with E-state index in [4.69, 9.17) is 69.6 Å². The Hall–Kier alpha value is 0.997. The Morgan fingerprint density at radius 2 is 1.53 bits per heavy atom. The van der Waals surface area contributed by atoms with Gasteiger partial charge in [-0.25, -0.2) is 0 Å². The number of hydrogen-bond acceptors (Lipinski definition) is 0. The number of hydrogen-bond donors (Lipinski definition) is 0. The van der Waals surface area contributed by atoms with Crippen LogP contribution in [0.3, 0.4) is 0 Å². The van der Waals surface area contributed by atoms with Crippen molar-refractivity contribution in [3.05, 3.63) is 21.7 Å². The van der Waals surface area contributed by atoms with E-state index in [1.807, 2.05) is 0 Å². The van der Waals surface area contributed by atoms with Gasteiger partial charge in [0.1, 0.15) is 17.8 Å². The van der Waals surface area contributed by atoms with Gasteiger partial charge in [0, 0.05) is 5.57 Å². The van der Waals surface area contributed by atoms with Gasteiger partial charge in [-0.3, -0.25) is 0 Å². The number of alkyl halides is 4. The molecule has 0 aromatic heterocycles. The van der Waals surface area contributed by atoms with Gasteiger partial charge in [-0.15, -0.1) is 28.7 Å². The molecule has 0 aliphatic heterocycles. The molecule has 2 aliphatic carbocycles. The van der Waals surface area contributed by atoms with E-state index in [0.717, 1.165) is 0 Å².